The minimum Gasteiger partial charge on any atom is -0.393 e. The predicted molar refractivity (Wildman–Crippen MR) is 64.0 cm³/mol. The molecule has 1 N–H and O–H groups in total. The summed E-state index contributed by atoms with van der Waals surface area (Å²) in [4.78, 5) is 6.78. The van der Waals surface area contributed by atoms with Crippen molar-refractivity contribution < 1.29 is 5.11 Å². The summed E-state index contributed by atoms with van der Waals surface area (Å²) in [7, 11) is 2.12. The molecule has 88 valence electrons. The molecule has 1 heterocycles. The third-order valence-corrected chi connectivity index (χ3v) is 3.16. The monoisotopic (exact) mass is 220 g/mol. The molecule has 0 spiro atoms. The van der Waals surface area contributed by atoms with E-state index in [-0.39, 0.29) is 6.10 Å². The highest BCUT2D eigenvalue weighted by Crippen LogP contribution is 2.27. The maximum Gasteiger partial charge on any atom is 0.0547 e. The lowest BCUT2D eigenvalue weighted by Gasteiger charge is -2.34. The third-order valence-electron chi connectivity index (χ3n) is 3.16. The fraction of sp³-hybridized carbons (Fsp3) is 0.615. The number of hydrogen-bond acceptors (Lipinski definition) is 3. The Balaban J connectivity index is 1.80. The zero-order valence-corrected chi connectivity index (χ0v) is 10.1. The number of hydrogen-bond donors (Lipinski definition) is 1. The van der Waals surface area contributed by atoms with Crippen molar-refractivity contribution in [1.29, 1.82) is 0 Å². The molecule has 0 bridgehead atoms. The Kier molecular flexibility index (Phi) is 3.56. The van der Waals surface area contributed by atoms with Crippen LogP contribution in [0.2, 0.25) is 0 Å². The van der Waals surface area contributed by atoms with Crippen LogP contribution in [0.15, 0.2) is 18.2 Å². The number of rotatable bonds is 4. The SMILES string of the molecule is Cc1cccc(CN(C)CC2CC(O)C2)n1. The van der Waals surface area contributed by atoms with E-state index in [1.807, 2.05) is 13.0 Å². The molecule has 0 aliphatic heterocycles. The van der Waals surface area contributed by atoms with Crippen LogP contribution in [-0.4, -0.2) is 34.7 Å². The van der Waals surface area contributed by atoms with Crippen LogP contribution in [0.25, 0.3) is 0 Å². The van der Waals surface area contributed by atoms with Gasteiger partial charge in [-0.25, -0.2) is 0 Å². The maximum atomic E-state index is 9.23. The molecule has 1 aromatic heterocycles. The van der Waals surface area contributed by atoms with Crippen LogP contribution in [0.1, 0.15) is 24.2 Å². The molecule has 2 rings (SSSR count). The summed E-state index contributed by atoms with van der Waals surface area (Å²) in [6.07, 6.45) is 1.88. The van der Waals surface area contributed by atoms with Gasteiger partial charge in [-0.1, -0.05) is 6.07 Å². The standard InChI is InChI=1S/C13H20N2O/c1-10-4-3-5-12(14-10)9-15(2)8-11-6-13(16)7-11/h3-5,11,13,16H,6-9H2,1-2H3. The van der Waals surface area contributed by atoms with Crippen molar-refractivity contribution in [3.8, 4) is 0 Å². The average molecular weight is 220 g/mol. The van der Waals surface area contributed by atoms with Gasteiger partial charge in [0.15, 0.2) is 0 Å². The number of pyridine rings is 1. The smallest absolute Gasteiger partial charge is 0.0547 e. The van der Waals surface area contributed by atoms with E-state index in [1.54, 1.807) is 0 Å². The van der Waals surface area contributed by atoms with E-state index in [1.165, 1.54) is 0 Å². The Morgan fingerprint density at radius 3 is 2.81 bits per heavy atom. The Bertz CT molecular complexity index is 348. The quantitative estimate of drug-likeness (QED) is 0.837. The molecule has 0 atom stereocenters. The number of aryl methyl sites for hydroxylation is 1. The molecular formula is C13H20N2O. The molecule has 0 radical (unpaired) electrons. The largest absolute Gasteiger partial charge is 0.393 e. The van der Waals surface area contributed by atoms with E-state index in [0.717, 1.165) is 37.3 Å². The summed E-state index contributed by atoms with van der Waals surface area (Å²) in [5.41, 5.74) is 2.20. The molecule has 1 saturated carbocycles. The van der Waals surface area contributed by atoms with Gasteiger partial charge in [-0.2, -0.15) is 0 Å². The van der Waals surface area contributed by atoms with E-state index in [0.29, 0.717) is 5.92 Å². The maximum absolute atomic E-state index is 9.23. The second-order valence-corrected chi connectivity index (χ2v) is 4.96. The zero-order chi connectivity index (χ0) is 11.5. The van der Waals surface area contributed by atoms with E-state index < -0.39 is 0 Å². The van der Waals surface area contributed by atoms with Gasteiger partial charge in [0.25, 0.3) is 0 Å². The van der Waals surface area contributed by atoms with Crippen LogP contribution < -0.4 is 0 Å². The van der Waals surface area contributed by atoms with Crippen molar-refractivity contribution in [3.63, 3.8) is 0 Å². The Morgan fingerprint density at radius 1 is 1.44 bits per heavy atom. The third kappa shape index (κ3) is 3.03. The lowest BCUT2D eigenvalue weighted by Crippen LogP contribution is -2.36. The molecule has 16 heavy (non-hydrogen) atoms. The first kappa shape index (κ1) is 11.6. The van der Waals surface area contributed by atoms with Gasteiger partial charge in [0, 0.05) is 18.8 Å². The number of aliphatic hydroxyl groups is 1. The Hall–Kier alpha value is -0.930. The Labute approximate surface area is 97.1 Å². The molecule has 1 fully saturated rings. The average Bonchev–Trinajstić information content (AvgIpc) is 2.15. The molecule has 1 aromatic rings. The van der Waals surface area contributed by atoms with Gasteiger partial charge in [-0.15, -0.1) is 0 Å². The fourth-order valence-electron chi connectivity index (χ4n) is 2.32. The summed E-state index contributed by atoms with van der Waals surface area (Å²) in [5.74, 6) is 0.671. The summed E-state index contributed by atoms with van der Waals surface area (Å²) in [6.45, 7) is 3.98. The first-order valence-corrected chi connectivity index (χ1v) is 5.92. The van der Waals surface area contributed by atoms with Crippen LogP contribution in [0.4, 0.5) is 0 Å². The summed E-state index contributed by atoms with van der Waals surface area (Å²) >= 11 is 0. The van der Waals surface area contributed by atoms with E-state index >= 15 is 0 Å². The van der Waals surface area contributed by atoms with Crippen molar-refractivity contribution in [2.24, 2.45) is 5.92 Å². The van der Waals surface area contributed by atoms with Gasteiger partial charge in [-0.05, 0) is 44.9 Å². The highest BCUT2D eigenvalue weighted by atomic mass is 16.3. The van der Waals surface area contributed by atoms with Crippen LogP contribution in [0, 0.1) is 12.8 Å². The highest BCUT2D eigenvalue weighted by Gasteiger charge is 2.27. The molecule has 1 aliphatic carbocycles. The van der Waals surface area contributed by atoms with Crippen LogP contribution in [0.5, 0.6) is 0 Å². The van der Waals surface area contributed by atoms with Gasteiger partial charge in [0.1, 0.15) is 0 Å². The van der Waals surface area contributed by atoms with E-state index in [4.69, 9.17) is 0 Å². The minimum atomic E-state index is -0.0458. The second-order valence-electron chi connectivity index (χ2n) is 4.96. The highest BCUT2D eigenvalue weighted by molar-refractivity contribution is 5.09. The predicted octanol–water partition coefficient (Wildman–Crippen LogP) is 1.59. The summed E-state index contributed by atoms with van der Waals surface area (Å²) < 4.78 is 0. The summed E-state index contributed by atoms with van der Waals surface area (Å²) in [5, 5.41) is 9.23. The molecule has 0 amide bonds. The van der Waals surface area contributed by atoms with Gasteiger partial charge < -0.3 is 10.0 Å². The second kappa shape index (κ2) is 4.93. The molecule has 1 aliphatic rings. The first-order chi connectivity index (χ1) is 7.63. The fourth-order valence-corrected chi connectivity index (χ4v) is 2.32. The Morgan fingerprint density at radius 2 is 2.19 bits per heavy atom. The van der Waals surface area contributed by atoms with E-state index in [9.17, 15) is 5.11 Å². The van der Waals surface area contributed by atoms with Gasteiger partial charge >= 0.3 is 0 Å². The molecule has 3 nitrogen and oxygen atoms in total. The number of nitrogens with zero attached hydrogens (tertiary/aromatic N) is 2. The van der Waals surface area contributed by atoms with Crippen LogP contribution in [-0.2, 0) is 6.54 Å². The van der Waals surface area contributed by atoms with Crippen LogP contribution in [0.3, 0.4) is 0 Å². The first-order valence-electron chi connectivity index (χ1n) is 5.92. The summed E-state index contributed by atoms with van der Waals surface area (Å²) in [6, 6.07) is 6.14. The van der Waals surface area contributed by atoms with Crippen molar-refractivity contribution in [3.05, 3.63) is 29.6 Å². The van der Waals surface area contributed by atoms with Crippen LogP contribution >= 0.6 is 0 Å². The lowest BCUT2D eigenvalue weighted by atomic mass is 9.82. The molecular weight excluding hydrogens is 200 g/mol. The van der Waals surface area contributed by atoms with Crippen molar-refractivity contribution in [2.75, 3.05) is 13.6 Å². The molecule has 3 heteroatoms. The van der Waals surface area contributed by atoms with Gasteiger partial charge in [-0.3, -0.25) is 4.98 Å². The zero-order valence-electron chi connectivity index (χ0n) is 10.1. The molecule has 0 aromatic carbocycles. The van der Waals surface area contributed by atoms with Gasteiger partial charge in [0.2, 0.25) is 0 Å². The normalized spacial score (nSPS) is 24.5. The minimum absolute atomic E-state index is 0.0458. The molecule has 0 unspecified atom stereocenters. The number of aliphatic hydroxyl groups excluding tert-OH is 1. The topological polar surface area (TPSA) is 36.4 Å². The number of aromatic nitrogens is 1. The van der Waals surface area contributed by atoms with Crippen molar-refractivity contribution >= 4 is 0 Å². The van der Waals surface area contributed by atoms with Crippen molar-refractivity contribution in [2.45, 2.75) is 32.4 Å². The van der Waals surface area contributed by atoms with Crippen molar-refractivity contribution in [1.82, 2.24) is 9.88 Å². The van der Waals surface area contributed by atoms with E-state index in [2.05, 4.69) is 29.1 Å². The molecule has 0 saturated heterocycles. The van der Waals surface area contributed by atoms with Gasteiger partial charge in [0.05, 0.1) is 11.8 Å². The lowest BCUT2D eigenvalue weighted by molar-refractivity contribution is 0.0272.